The number of hydrogen-bond acceptors (Lipinski definition) is 6. The summed E-state index contributed by atoms with van der Waals surface area (Å²) in [6.45, 7) is 0.384. The van der Waals surface area contributed by atoms with Crippen molar-refractivity contribution in [2.24, 2.45) is 7.05 Å². The number of anilines is 2. The van der Waals surface area contributed by atoms with Gasteiger partial charge in [0.2, 0.25) is 0 Å². The zero-order chi connectivity index (χ0) is 27.6. The lowest BCUT2D eigenvalue weighted by Crippen LogP contribution is -2.26. The van der Waals surface area contributed by atoms with Crippen molar-refractivity contribution >= 4 is 40.1 Å². The topological polar surface area (TPSA) is 74.1 Å². The molecule has 0 bridgehead atoms. The van der Waals surface area contributed by atoms with E-state index in [1.54, 1.807) is 13.2 Å². The quantitative estimate of drug-likeness (QED) is 0.214. The van der Waals surface area contributed by atoms with Crippen LogP contribution in [0.3, 0.4) is 0 Å². The summed E-state index contributed by atoms with van der Waals surface area (Å²) >= 11 is 5.89. The van der Waals surface area contributed by atoms with Gasteiger partial charge in [0.05, 0.1) is 31.1 Å². The SMILES string of the molecule is COC1=Cc2nc(-c3ccc(-c4ccccc4)c(F)c3)nc(Nc3ccc4c(cnn4C)c3)c2CC1OCCCl. The highest BCUT2D eigenvalue weighted by Crippen LogP contribution is 2.35. The minimum atomic E-state index is -0.343. The van der Waals surface area contributed by atoms with Crippen LogP contribution < -0.4 is 5.32 Å². The number of aryl methyl sites for hydroxylation is 1. The summed E-state index contributed by atoms with van der Waals surface area (Å²) in [5.41, 5.74) is 5.32. The fraction of sp³-hybridized carbons (Fsp3) is 0.194. The Bertz CT molecular complexity index is 1720. The Hall–Kier alpha value is -4.27. The van der Waals surface area contributed by atoms with Gasteiger partial charge in [-0.2, -0.15) is 5.10 Å². The van der Waals surface area contributed by atoms with Crippen LogP contribution in [-0.4, -0.2) is 45.4 Å². The first-order valence-corrected chi connectivity index (χ1v) is 13.5. The van der Waals surface area contributed by atoms with E-state index in [4.69, 9.17) is 31.0 Å². The molecular weight excluding hydrogens is 529 g/mol. The summed E-state index contributed by atoms with van der Waals surface area (Å²) in [6, 6.07) is 20.5. The molecule has 9 heteroatoms. The van der Waals surface area contributed by atoms with Crippen LogP contribution >= 0.6 is 11.6 Å². The van der Waals surface area contributed by atoms with Crippen LogP contribution in [0.25, 0.3) is 39.5 Å². The van der Waals surface area contributed by atoms with Crippen molar-refractivity contribution in [1.29, 1.82) is 0 Å². The van der Waals surface area contributed by atoms with Crippen molar-refractivity contribution in [3.8, 4) is 22.5 Å². The Morgan fingerprint density at radius 3 is 2.67 bits per heavy atom. The van der Waals surface area contributed by atoms with Crippen LogP contribution in [-0.2, 0) is 22.9 Å². The van der Waals surface area contributed by atoms with Crippen LogP contribution in [0.15, 0.2) is 78.7 Å². The van der Waals surface area contributed by atoms with Gasteiger partial charge in [0.1, 0.15) is 23.5 Å². The molecular formula is C31H27ClFN5O2. The van der Waals surface area contributed by atoms with Gasteiger partial charge < -0.3 is 14.8 Å². The highest BCUT2D eigenvalue weighted by Gasteiger charge is 2.28. The number of hydrogen-bond donors (Lipinski definition) is 1. The normalized spacial score (nSPS) is 14.6. The molecule has 1 aliphatic carbocycles. The Morgan fingerprint density at radius 1 is 1.05 bits per heavy atom. The smallest absolute Gasteiger partial charge is 0.162 e. The second kappa shape index (κ2) is 11.1. The third-order valence-corrected chi connectivity index (χ3v) is 7.13. The Morgan fingerprint density at radius 2 is 1.90 bits per heavy atom. The second-order valence-corrected chi connectivity index (χ2v) is 9.87. The Balaban J connectivity index is 1.44. The molecule has 6 rings (SSSR count). The minimum absolute atomic E-state index is 0.324. The zero-order valence-electron chi connectivity index (χ0n) is 22.1. The highest BCUT2D eigenvalue weighted by atomic mass is 35.5. The number of halogens is 2. The monoisotopic (exact) mass is 555 g/mol. The van der Waals surface area contributed by atoms with Gasteiger partial charge >= 0.3 is 0 Å². The molecule has 5 aromatic rings. The first kappa shape index (κ1) is 26.0. The van der Waals surface area contributed by atoms with Gasteiger partial charge in [-0.15, -0.1) is 11.6 Å². The number of benzene rings is 3. The fourth-order valence-electron chi connectivity index (χ4n) is 4.97. The molecule has 2 heterocycles. The average molecular weight is 556 g/mol. The first-order chi connectivity index (χ1) is 19.5. The molecule has 0 saturated carbocycles. The van der Waals surface area contributed by atoms with E-state index in [0.717, 1.165) is 27.7 Å². The van der Waals surface area contributed by atoms with E-state index in [1.807, 2.05) is 78.6 Å². The molecule has 0 amide bonds. The molecule has 0 spiro atoms. The molecule has 1 unspecified atom stereocenters. The molecule has 0 radical (unpaired) electrons. The summed E-state index contributed by atoms with van der Waals surface area (Å²) in [5, 5.41) is 8.81. The lowest BCUT2D eigenvalue weighted by Gasteiger charge is -2.26. The summed E-state index contributed by atoms with van der Waals surface area (Å²) in [7, 11) is 3.52. The van der Waals surface area contributed by atoms with Crippen molar-refractivity contribution in [2.45, 2.75) is 12.5 Å². The van der Waals surface area contributed by atoms with E-state index in [2.05, 4.69) is 10.4 Å². The molecule has 1 N–H and O–H groups in total. The predicted octanol–water partition coefficient (Wildman–Crippen LogP) is 6.75. The zero-order valence-corrected chi connectivity index (χ0v) is 22.8. The molecule has 0 fully saturated rings. The molecule has 0 saturated heterocycles. The van der Waals surface area contributed by atoms with Crippen molar-refractivity contribution < 1.29 is 13.9 Å². The maximum Gasteiger partial charge on any atom is 0.162 e. The van der Waals surface area contributed by atoms with E-state index in [9.17, 15) is 0 Å². The Kier molecular flexibility index (Phi) is 7.19. The van der Waals surface area contributed by atoms with Gasteiger partial charge in [-0.1, -0.05) is 42.5 Å². The van der Waals surface area contributed by atoms with Gasteiger partial charge in [-0.05, 0) is 29.8 Å². The van der Waals surface area contributed by atoms with Crippen LogP contribution in [0.1, 0.15) is 11.3 Å². The first-order valence-electron chi connectivity index (χ1n) is 12.9. The number of nitrogens with zero attached hydrogens (tertiary/aromatic N) is 4. The number of nitrogens with one attached hydrogen (secondary N) is 1. The van der Waals surface area contributed by atoms with E-state index >= 15 is 4.39 Å². The van der Waals surface area contributed by atoms with Gasteiger partial charge in [0.25, 0.3) is 0 Å². The van der Waals surface area contributed by atoms with Crippen LogP contribution in [0, 0.1) is 5.82 Å². The second-order valence-electron chi connectivity index (χ2n) is 9.49. The number of alkyl halides is 1. The largest absolute Gasteiger partial charge is 0.498 e. The summed E-state index contributed by atoms with van der Waals surface area (Å²) in [4.78, 5) is 9.71. The highest BCUT2D eigenvalue weighted by molar-refractivity contribution is 6.17. The summed E-state index contributed by atoms with van der Waals surface area (Å²) < 4.78 is 28.7. The van der Waals surface area contributed by atoms with E-state index < -0.39 is 0 Å². The number of methoxy groups -OCH3 is 1. The van der Waals surface area contributed by atoms with E-state index in [0.29, 0.717) is 53.1 Å². The van der Waals surface area contributed by atoms with Gasteiger partial charge in [-0.3, -0.25) is 4.68 Å². The molecule has 0 aliphatic heterocycles. The van der Waals surface area contributed by atoms with Crippen LogP contribution in [0.5, 0.6) is 0 Å². The fourth-order valence-corrected chi connectivity index (χ4v) is 5.06. The average Bonchev–Trinajstić information content (AvgIpc) is 3.35. The Labute approximate surface area is 236 Å². The molecule has 1 atom stereocenters. The van der Waals surface area contributed by atoms with E-state index in [1.165, 1.54) is 6.07 Å². The van der Waals surface area contributed by atoms with Gasteiger partial charge in [-0.25, -0.2) is 14.4 Å². The van der Waals surface area contributed by atoms with E-state index in [-0.39, 0.29) is 11.9 Å². The number of rotatable bonds is 8. The van der Waals surface area contributed by atoms with Gasteiger partial charge in [0.15, 0.2) is 5.82 Å². The molecule has 3 aromatic carbocycles. The number of ether oxygens (including phenoxy) is 2. The van der Waals surface area contributed by atoms with Gasteiger partial charge in [0, 0.05) is 53.2 Å². The van der Waals surface area contributed by atoms with Crippen molar-refractivity contribution in [1.82, 2.24) is 19.7 Å². The molecule has 2 aromatic heterocycles. The summed E-state index contributed by atoms with van der Waals surface area (Å²) in [6.07, 6.45) is 3.84. The molecule has 202 valence electrons. The number of aromatic nitrogens is 4. The lowest BCUT2D eigenvalue weighted by atomic mass is 9.97. The third-order valence-electron chi connectivity index (χ3n) is 6.98. The molecule has 40 heavy (non-hydrogen) atoms. The van der Waals surface area contributed by atoms with Crippen molar-refractivity contribution in [2.75, 3.05) is 24.9 Å². The maximum absolute atomic E-state index is 15.3. The van der Waals surface area contributed by atoms with Crippen LogP contribution in [0.4, 0.5) is 15.9 Å². The summed E-state index contributed by atoms with van der Waals surface area (Å²) in [5.74, 6) is 1.69. The van der Waals surface area contributed by atoms with Crippen molar-refractivity contribution in [3.05, 3.63) is 95.8 Å². The van der Waals surface area contributed by atoms with Crippen molar-refractivity contribution in [3.63, 3.8) is 0 Å². The lowest BCUT2D eigenvalue weighted by molar-refractivity contribution is 0.0491. The van der Waals surface area contributed by atoms with Crippen LogP contribution in [0.2, 0.25) is 0 Å². The maximum atomic E-state index is 15.3. The third kappa shape index (κ3) is 5.03. The molecule has 7 nitrogen and oxygen atoms in total. The standard InChI is InChI=1S/C31H27ClFN5O2/c1-38-27-11-9-22(14-21(27)18-34-38)35-31-24-16-29(40-13-12-32)28(39-2)17-26(24)36-30(37-31)20-8-10-23(25(33)15-20)19-6-4-3-5-7-19/h3-11,14-15,17-18,29H,12-13,16H2,1-2H3,(H,35,36,37). The predicted molar refractivity (Wildman–Crippen MR) is 156 cm³/mol. The number of fused-ring (bicyclic) bond motifs is 2. The molecule has 1 aliphatic rings. The minimum Gasteiger partial charge on any atom is -0.498 e.